The predicted octanol–water partition coefficient (Wildman–Crippen LogP) is 4.80. The lowest BCUT2D eigenvalue weighted by molar-refractivity contribution is -0.138. The van der Waals surface area contributed by atoms with Crippen molar-refractivity contribution in [2.75, 3.05) is 12.4 Å². The van der Waals surface area contributed by atoms with E-state index in [0.29, 0.717) is 22.7 Å². The van der Waals surface area contributed by atoms with Crippen molar-refractivity contribution in [3.05, 3.63) is 77.0 Å². The molecule has 1 amide bonds. The predicted molar refractivity (Wildman–Crippen MR) is 108 cm³/mol. The van der Waals surface area contributed by atoms with Crippen LogP contribution in [0.15, 0.2) is 54.7 Å². The molecule has 0 atom stereocenters. The topological polar surface area (TPSA) is 77.2 Å². The number of benzene rings is 2. The third-order valence-electron chi connectivity index (χ3n) is 4.74. The summed E-state index contributed by atoms with van der Waals surface area (Å²) >= 11 is 0. The van der Waals surface area contributed by atoms with Crippen molar-refractivity contribution in [3.8, 4) is 17.0 Å². The lowest BCUT2D eigenvalue weighted by Gasteiger charge is -2.19. The molecule has 1 aromatic heterocycles. The Kier molecular flexibility index (Phi) is 5.96. The molecule has 0 unspecified atom stereocenters. The van der Waals surface area contributed by atoms with Crippen LogP contribution in [0.3, 0.4) is 0 Å². The molecule has 3 aromatic rings. The normalized spacial score (nSPS) is 11.2. The average molecular weight is 415 g/mol. The molecule has 1 heterocycles. The summed E-state index contributed by atoms with van der Waals surface area (Å²) in [5.74, 6) is -0.228. The summed E-state index contributed by atoms with van der Waals surface area (Å²) in [4.78, 5) is 16.1. The summed E-state index contributed by atoms with van der Waals surface area (Å²) in [5, 5.41) is 3.14. The first kappa shape index (κ1) is 21.2. The third kappa shape index (κ3) is 4.37. The van der Waals surface area contributed by atoms with E-state index in [1.54, 1.807) is 36.5 Å². The molecule has 0 saturated heterocycles. The number of alkyl halides is 3. The highest BCUT2D eigenvalue weighted by molar-refractivity contribution is 6.02. The molecule has 0 fully saturated rings. The number of aromatic nitrogens is 1. The first-order chi connectivity index (χ1) is 14.2. The van der Waals surface area contributed by atoms with Gasteiger partial charge in [-0.2, -0.15) is 13.2 Å². The molecular formula is C22H20F3N3O2. The molecule has 0 radical (unpaired) electrons. The van der Waals surface area contributed by atoms with Crippen LogP contribution in [0, 0.1) is 6.92 Å². The quantitative estimate of drug-likeness (QED) is 0.607. The van der Waals surface area contributed by atoms with E-state index in [1.807, 2.05) is 0 Å². The molecule has 0 aliphatic rings. The number of anilines is 1. The van der Waals surface area contributed by atoms with E-state index in [4.69, 9.17) is 10.5 Å². The highest BCUT2D eigenvalue weighted by atomic mass is 19.4. The van der Waals surface area contributed by atoms with E-state index in [1.165, 1.54) is 26.2 Å². The number of nitrogens with two attached hydrogens (primary N) is 1. The lowest BCUT2D eigenvalue weighted by atomic mass is 9.93. The van der Waals surface area contributed by atoms with E-state index in [9.17, 15) is 18.0 Å². The number of pyridine rings is 1. The van der Waals surface area contributed by atoms with Crippen LogP contribution in [0.1, 0.15) is 27.0 Å². The number of primary amides is 1. The summed E-state index contributed by atoms with van der Waals surface area (Å²) in [7, 11) is 1.51. The van der Waals surface area contributed by atoms with E-state index in [2.05, 4.69) is 10.3 Å². The molecule has 0 aliphatic heterocycles. The number of rotatable bonds is 6. The van der Waals surface area contributed by atoms with Gasteiger partial charge in [0, 0.05) is 24.4 Å². The zero-order valence-corrected chi connectivity index (χ0v) is 16.4. The molecule has 0 saturated carbocycles. The standard InChI is InChI=1S/C22H20F3N3O2/c1-13-15(5-4-8-18(13)22(23,24)25)16-6-3-7-17(21(26)29)20(16)28-12-14-9-10-19(30-2)27-11-14/h3-11,28H,12H2,1-2H3,(H2,26,29). The molecule has 0 aliphatic carbocycles. The third-order valence-corrected chi connectivity index (χ3v) is 4.74. The van der Waals surface area contributed by atoms with E-state index < -0.39 is 17.6 Å². The summed E-state index contributed by atoms with van der Waals surface area (Å²) in [5.41, 5.74) is 7.02. The van der Waals surface area contributed by atoms with E-state index >= 15 is 0 Å². The Hall–Kier alpha value is -3.55. The van der Waals surface area contributed by atoms with Gasteiger partial charge in [-0.15, -0.1) is 0 Å². The Morgan fingerprint density at radius 3 is 2.40 bits per heavy atom. The van der Waals surface area contributed by atoms with Gasteiger partial charge in [-0.25, -0.2) is 4.98 Å². The molecule has 3 N–H and O–H groups in total. The van der Waals surface area contributed by atoms with Crippen LogP contribution in [0.25, 0.3) is 11.1 Å². The van der Waals surface area contributed by atoms with Gasteiger partial charge in [-0.3, -0.25) is 4.79 Å². The number of ether oxygens (including phenoxy) is 1. The lowest BCUT2D eigenvalue weighted by Crippen LogP contribution is -2.15. The minimum atomic E-state index is -4.48. The number of hydrogen-bond acceptors (Lipinski definition) is 4. The van der Waals surface area contributed by atoms with Crippen LogP contribution < -0.4 is 15.8 Å². The minimum absolute atomic E-state index is 0.0702. The Labute approximate surface area is 171 Å². The number of methoxy groups -OCH3 is 1. The second kappa shape index (κ2) is 8.44. The van der Waals surface area contributed by atoms with Gasteiger partial charge in [-0.05, 0) is 35.7 Å². The first-order valence-corrected chi connectivity index (χ1v) is 9.05. The van der Waals surface area contributed by atoms with Crippen LogP contribution >= 0.6 is 0 Å². The molecule has 3 rings (SSSR count). The van der Waals surface area contributed by atoms with Crippen molar-refractivity contribution >= 4 is 11.6 Å². The molecule has 0 bridgehead atoms. The maximum atomic E-state index is 13.4. The molecule has 0 spiro atoms. The average Bonchev–Trinajstić information content (AvgIpc) is 2.71. The maximum Gasteiger partial charge on any atom is 0.416 e. The van der Waals surface area contributed by atoms with Gasteiger partial charge in [0.05, 0.1) is 23.9 Å². The fourth-order valence-electron chi connectivity index (χ4n) is 3.23. The SMILES string of the molecule is COc1ccc(CNc2c(C(N)=O)cccc2-c2cccc(C(F)(F)F)c2C)cn1. The zero-order valence-electron chi connectivity index (χ0n) is 16.4. The van der Waals surface area contributed by atoms with Crippen LogP contribution in [0.5, 0.6) is 5.88 Å². The Morgan fingerprint density at radius 2 is 1.80 bits per heavy atom. The van der Waals surface area contributed by atoms with Crippen LogP contribution in [-0.4, -0.2) is 18.0 Å². The van der Waals surface area contributed by atoms with Gasteiger partial charge >= 0.3 is 6.18 Å². The fourth-order valence-corrected chi connectivity index (χ4v) is 3.23. The van der Waals surface area contributed by atoms with Crippen molar-refractivity contribution in [3.63, 3.8) is 0 Å². The minimum Gasteiger partial charge on any atom is -0.481 e. The van der Waals surface area contributed by atoms with Gasteiger partial charge in [0.25, 0.3) is 5.91 Å². The van der Waals surface area contributed by atoms with Crippen molar-refractivity contribution < 1.29 is 22.7 Å². The van der Waals surface area contributed by atoms with Gasteiger partial charge in [0.1, 0.15) is 0 Å². The highest BCUT2D eigenvalue weighted by Crippen LogP contribution is 2.39. The summed E-state index contributed by atoms with van der Waals surface area (Å²) in [6.45, 7) is 1.69. The fraction of sp³-hybridized carbons (Fsp3) is 0.182. The summed E-state index contributed by atoms with van der Waals surface area (Å²) < 4.78 is 45.2. The second-order valence-corrected chi connectivity index (χ2v) is 6.63. The highest BCUT2D eigenvalue weighted by Gasteiger charge is 2.33. The van der Waals surface area contributed by atoms with Crippen molar-refractivity contribution in [1.82, 2.24) is 4.98 Å². The van der Waals surface area contributed by atoms with Crippen molar-refractivity contribution in [2.45, 2.75) is 19.6 Å². The number of nitrogens with one attached hydrogen (secondary N) is 1. The van der Waals surface area contributed by atoms with Gasteiger partial charge < -0.3 is 15.8 Å². The summed E-state index contributed by atoms with van der Waals surface area (Å²) in [6, 6.07) is 12.2. The van der Waals surface area contributed by atoms with Gasteiger partial charge in [0.15, 0.2) is 0 Å². The Morgan fingerprint density at radius 1 is 1.10 bits per heavy atom. The molecule has 30 heavy (non-hydrogen) atoms. The largest absolute Gasteiger partial charge is 0.481 e. The smallest absolute Gasteiger partial charge is 0.416 e. The van der Waals surface area contributed by atoms with Crippen LogP contribution in [0.2, 0.25) is 0 Å². The van der Waals surface area contributed by atoms with Crippen molar-refractivity contribution in [2.24, 2.45) is 5.73 Å². The monoisotopic (exact) mass is 415 g/mol. The molecule has 2 aromatic carbocycles. The zero-order chi connectivity index (χ0) is 21.9. The van der Waals surface area contributed by atoms with Gasteiger partial charge in [0.2, 0.25) is 5.88 Å². The molecular weight excluding hydrogens is 395 g/mol. The Balaban J connectivity index is 2.06. The number of amides is 1. The number of nitrogens with zero attached hydrogens (tertiary/aromatic N) is 1. The molecule has 156 valence electrons. The van der Waals surface area contributed by atoms with Crippen LogP contribution in [-0.2, 0) is 12.7 Å². The number of carbonyl (C=O) groups excluding carboxylic acids is 1. The number of hydrogen-bond donors (Lipinski definition) is 2. The molecule has 8 heteroatoms. The van der Waals surface area contributed by atoms with E-state index in [-0.39, 0.29) is 17.7 Å². The number of halogens is 3. The Bertz CT molecular complexity index is 1060. The summed E-state index contributed by atoms with van der Waals surface area (Å²) in [6.07, 6.45) is -2.88. The van der Waals surface area contributed by atoms with Crippen LogP contribution in [0.4, 0.5) is 18.9 Å². The first-order valence-electron chi connectivity index (χ1n) is 9.05. The maximum absolute atomic E-state index is 13.4. The second-order valence-electron chi connectivity index (χ2n) is 6.63. The van der Waals surface area contributed by atoms with Gasteiger partial charge in [-0.1, -0.05) is 30.3 Å². The molecule has 5 nitrogen and oxygen atoms in total. The number of para-hydroxylation sites is 1. The van der Waals surface area contributed by atoms with E-state index in [0.717, 1.165) is 11.6 Å². The number of carbonyl (C=O) groups is 1. The van der Waals surface area contributed by atoms with Crippen molar-refractivity contribution in [1.29, 1.82) is 0 Å².